The molecule has 0 fully saturated rings. The molecule has 7 nitrogen and oxygen atoms in total. The Hall–Kier alpha value is -2.91. The van der Waals surface area contributed by atoms with E-state index in [1.54, 1.807) is 42.5 Å². The van der Waals surface area contributed by atoms with Crippen LogP contribution in [0.3, 0.4) is 0 Å². The number of benzene rings is 3. The van der Waals surface area contributed by atoms with Crippen LogP contribution in [0.1, 0.15) is 31.1 Å². The highest BCUT2D eigenvalue weighted by atomic mass is 35.5. The molecule has 35 heavy (non-hydrogen) atoms. The first kappa shape index (κ1) is 26.7. The Morgan fingerprint density at radius 2 is 1.71 bits per heavy atom. The fourth-order valence-corrected chi connectivity index (χ4v) is 4.81. The molecule has 0 aromatic heterocycles. The van der Waals surface area contributed by atoms with E-state index in [0.29, 0.717) is 24.5 Å². The second kappa shape index (κ2) is 11.2. The molecule has 0 radical (unpaired) electrons. The predicted octanol–water partition coefficient (Wildman–Crippen LogP) is 4.28. The number of aliphatic hydroxyl groups is 1. The lowest BCUT2D eigenvalue weighted by molar-refractivity contribution is -0.152. The van der Waals surface area contributed by atoms with Gasteiger partial charge in [0.2, 0.25) is 9.84 Å². The summed E-state index contributed by atoms with van der Waals surface area (Å²) in [6, 6.07) is 19.4. The molecular formula is C26H28ClNO6S. The SMILES string of the molecule is CC(C)(Oc1cccc(S(=O)(=O)c2ccc(CCNC[C@@H](O)c3cccc(Cl)c3)cc2)c1)C(=O)O. The minimum atomic E-state index is -3.81. The highest BCUT2D eigenvalue weighted by molar-refractivity contribution is 7.91. The molecule has 0 unspecified atom stereocenters. The molecule has 0 amide bonds. The van der Waals surface area contributed by atoms with Crippen molar-refractivity contribution >= 4 is 27.4 Å². The number of hydrogen-bond acceptors (Lipinski definition) is 6. The quantitative estimate of drug-likeness (QED) is 0.325. The average Bonchev–Trinajstić information content (AvgIpc) is 2.82. The molecule has 0 aliphatic heterocycles. The van der Waals surface area contributed by atoms with Gasteiger partial charge in [-0.2, -0.15) is 0 Å². The fourth-order valence-electron chi connectivity index (χ4n) is 3.32. The van der Waals surface area contributed by atoms with Gasteiger partial charge in [0.1, 0.15) is 5.75 Å². The van der Waals surface area contributed by atoms with Gasteiger partial charge in [-0.3, -0.25) is 0 Å². The minimum Gasteiger partial charge on any atom is -0.478 e. The number of carboxylic acids is 1. The topological polar surface area (TPSA) is 113 Å². The molecule has 3 aromatic rings. The zero-order valence-corrected chi connectivity index (χ0v) is 21.0. The van der Waals surface area contributed by atoms with Crippen LogP contribution in [-0.2, 0) is 21.1 Å². The van der Waals surface area contributed by atoms with Crippen molar-refractivity contribution in [2.45, 2.75) is 41.8 Å². The van der Waals surface area contributed by atoms with Crippen molar-refractivity contribution in [1.29, 1.82) is 0 Å². The summed E-state index contributed by atoms with van der Waals surface area (Å²) in [5, 5.41) is 23.3. The third-order valence-electron chi connectivity index (χ3n) is 5.40. The molecule has 0 aliphatic carbocycles. The molecule has 1 atom stereocenters. The van der Waals surface area contributed by atoms with Crippen LogP contribution in [0.15, 0.2) is 82.6 Å². The van der Waals surface area contributed by atoms with Crippen LogP contribution in [0.2, 0.25) is 5.02 Å². The zero-order valence-electron chi connectivity index (χ0n) is 19.4. The van der Waals surface area contributed by atoms with Gasteiger partial charge in [0, 0.05) is 11.6 Å². The number of carboxylic acid groups (broad SMARTS) is 1. The summed E-state index contributed by atoms with van der Waals surface area (Å²) in [7, 11) is -3.81. The van der Waals surface area contributed by atoms with Gasteiger partial charge in [-0.1, -0.05) is 41.9 Å². The smallest absolute Gasteiger partial charge is 0.347 e. The molecule has 186 valence electrons. The Kier molecular flexibility index (Phi) is 8.56. The van der Waals surface area contributed by atoms with Gasteiger partial charge < -0.3 is 20.3 Å². The maximum absolute atomic E-state index is 13.1. The Balaban J connectivity index is 1.60. The van der Waals surface area contributed by atoms with E-state index in [-0.39, 0.29) is 15.5 Å². The number of hydrogen-bond donors (Lipinski definition) is 3. The van der Waals surface area contributed by atoms with Crippen LogP contribution in [0.25, 0.3) is 0 Å². The number of sulfone groups is 1. The van der Waals surface area contributed by atoms with Crippen molar-refractivity contribution in [2.75, 3.05) is 13.1 Å². The van der Waals surface area contributed by atoms with Crippen molar-refractivity contribution in [2.24, 2.45) is 0 Å². The molecule has 9 heteroatoms. The van der Waals surface area contributed by atoms with Crippen molar-refractivity contribution in [3.05, 3.63) is 88.9 Å². The van der Waals surface area contributed by atoms with Gasteiger partial charge in [-0.05, 0) is 80.4 Å². The largest absolute Gasteiger partial charge is 0.478 e. The number of rotatable bonds is 11. The number of nitrogens with one attached hydrogen (secondary N) is 1. The van der Waals surface area contributed by atoms with Crippen molar-refractivity contribution in [3.8, 4) is 5.75 Å². The molecule has 3 rings (SSSR count). The van der Waals surface area contributed by atoms with Gasteiger partial charge >= 0.3 is 5.97 Å². The van der Waals surface area contributed by atoms with Crippen LogP contribution in [-0.4, -0.2) is 43.3 Å². The highest BCUT2D eigenvalue weighted by Crippen LogP contribution is 2.27. The van der Waals surface area contributed by atoms with Gasteiger partial charge in [0.15, 0.2) is 5.60 Å². The summed E-state index contributed by atoms with van der Waals surface area (Å²) in [5.41, 5.74) is 0.178. The molecule has 0 saturated heterocycles. The highest BCUT2D eigenvalue weighted by Gasteiger charge is 2.30. The maximum Gasteiger partial charge on any atom is 0.347 e. The first-order valence-corrected chi connectivity index (χ1v) is 12.9. The number of ether oxygens (including phenoxy) is 1. The van der Waals surface area contributed by atoms with Crippen LogP contribution in [0.5, 0.6) is 5.75 Å². The van der Waals surface area contributed by atoms with E-state index in [1.807, 2.05) is 6.07 Å². The van der Waals surface area contributed by atoms with Gasteiger partial charge in [-0.25, -0.2) is 13.2 Å². The summed E-state index contributed by atoms with van der Waals surface area (Å²) in [4.78, 5) is 11.4. The predicted molar refractivity (Wildman–Crippen MR) is 134 cm³/mol. The number of halogens is 1. The first-order chi connectivity index (χ1) is 16.5. The summed E-state index contributed by atoms with van der Waals surface area (Å²) in [5.74, 6) is -1.00. The lowest BCUT2D eigenvalue weighted by Gasteiger charge is -2.21. The van der Waals surface area contributed by atoms with E-state index in [4.69, 9.17) is 16.3 Å². The van der Waals surface area contributed by atoms with Crippen molar-refractivity contribution in [1.82, 2.24) is 5.32 Å². The maximum atomic E-state index is 13.1. The summed E-state index contributed by atoms with van der Waals surface area (Å²) >= 11 is 5.96. The van der Waals surface area contributed by atoms with Gasteiger partial charge in [0.05, 0.1) is 15.9 Å². The zero-order chi connectivity index (χ0) is 25.6. The lowest BCUT2D eigenvalue weighted by Crippen LogP contribution is -2.37. The van der Waals surface area contributed by atoms with E-state index >= 15 is 0 Å². The van der Waals surface area contributed by atoms with Gasteiger partial charge in [-0.15, -0.1) is 0 Å². The Bertz CT molecular complexity index is 1280. The van der Waals surface area contributed by atoms with Crippen LogP contribution in [0, 0.1) is 0 Å². The molecule has 3 aromatic carbocycles. The number of aliphatic carboxylic acids is 1. The first-order valence-electron chi connectivity index (χ1n) is 11.0. The lowest BCUT2D eigenvalue weighted by atomic mass is 10.1. The normalized spacial score (nSPS) is 12.8. The summed E-state index contributed by atoms with van der Waals surface area (Å²) < 4.78 is 31.6. The third-order valence-corrected chi connectivity index (χ3v) is 7.40. The molecule has 0 aliphatic rings. The Labute approximate surface area is 210 Å². The van der Waals surface area contributed by atoms with Crippen LogP contribution in [0.4, 0.5) is 0 Å². The molecule has 0 bridgehead atoms. The van der Waals surface area contributed by atoms with Crippen LogP contribution >= 0.6 is 11.6 Å². The molecule has 0 saturated carbocycles. The van der Waals surface area contributed by atoms with E-state index < -0.39 is 27.5 Å². The van der Waals surface area contributed by atoms with Crippen molar-refractivity contribution < 1.29 is 28.2 Å². The number of carbonyl (C=O) groups is 1. The molecule has 0 spiro atoms. The standard InChI is InChI=1S/C26H28ClNO6S/c1-26(2,25(30)31)34-21-7-4-8-23(16-21)35(32,33)22-11-9-18(10-12-22)13-14-28-17-24(29)19-5-3-6-20(27)15-19/h3-12,15-16,24,28-29H,13-14,17H2,1-2H3,(H,30,31)/t24-/m1/s1. The van der Waals surface area contributed by atoms with Crippen LogP contribution < -0.4 is 10.1 Å². The summed E-state index contributed by atoms with van der Waals surface area (Å²) in [6.07, 6.45) is -0.0297. The third kappa shape index (κ3) is 7.05. The number of aliphatic hydroxyl groups excluding tert-OH is 1. The van der Waals surface area contributed by atoms with Gasteiger partial charge in [0.25, 0.3) is 0 Å². The molecular weight excluding hydrogens is 490 g/mol. The Morgan fingerprint density at radius 1 is 1.03 bits per heavy atom. The molecule has 3 N–H and O–H groups in total. The monoisotopic (exact) mass is 517 g/mol. The minimum absolute atomic E-state index is 0.0145. The van der Waals surface area contributed by atoms with E-state index in [0.717, 1.165) is 11.1 Å². The average molecular weight is 518 g/mol. The van der Waals surface area contributed by atoms with Crippen molar-refractivity contribution in [3.63, 3.8) is 0 Å². The second-order valence-corrected chi connectivity index (χ2v) is 11.0. The second-order valence-electron chi connectivity index (χ2n) is 8.56. The summed E-state index contributed by atoms with van der Waals surface area (Å²) in [6.45, 7) is 3.75. The van der Waals surface area contributed by atoms with E-state index in [9.17, 15) is 23.4 Å². The van der Waals surface area contributed by atoms with E-state index in [1.165, 1.54) is 38.1 Å². The Morgan fingerprint density at radius 3 is 2.37 bits per heavy atom. The van der Waals surface area contributed by atoms with E-state index in [2.05, 4.69) is 5.32 Å². The molecule has 0 heterocycles. The fraction of sp³-hybridized carbons (Fsp3) is 0.269.